The van der Waals surface area contributed by atoms with Crippen LogP contribution in [0.25, 0.3) is 0 Å². The van der Waals surface area contributed by atoms with Crippen molar-refractivity contribution in [1.29, 1.82) is 0 Å². The summed E-state index contributed by atoms with van der Waals surface area (Å²) >= 11 is 0. The first-order valence-electron chi connectivity index (χ1n) is 0. The first kappa shape index (κ1) is 35.6. The second kappa shape index (κ2) is 24.3. The number of hydrogen-bond acceptors (Lipinski definition) is 0. The Balaban J connectivity index is 0. The zero-order chi connectivity index (χ0) is 0. The van der Waals surface area contributed by atoms with Crippen molar-refractivity contribution >= 4 is 94.9 Å². The van der Waals surface area contributed by atoms with Crippen LogP contribution in [0.2, 0.25) is 0 Å². The van der Waals surface area contributed by atoms with Gasteiger partial charge in [0, 0.05) is 0 Å². The Morgan fingerprint density at radius 2 is 0.600 bits per heavy atom. The molecule has 24 valence electrons. The van der Waals surface area contributed by atoms with Crippen LogP contribution < -0.4 is 0 Å². The van der Waals surface area contributed by atoms with Crippen molar-refractivity contribution in [3.8, 4) is 0 Å². The summed E-state index contributed by atoms with van der Waals surface area (Å²) < 4.78 is 0. The zero-order valence-electron chi connectivity index (χ0n) is 2.43. The molecule has 0 aliphatic carbocycles. The first-order valence-corrected chi connectivity index (χ1v) is 0. The summed E-state index contributed by atoms with van der Waals surface area (Å²) in [5, 5.41) is 0. The van der Waals surface area contributed by atoms with E-state index >= 15 is 0 Å². The second-order valence-electron chi connectivity index (χ2n) is 0. The smallest absolute Gasteiger partial charge is 2.00 e. The molecule has 0 rings (SSSR count). The van der Waals surface area contributed by atoms with Crippen LogP contribution in [-0.2, 0) is 27.3 Å². The van der Waals surface area contributed by atoms with Crippen LogP contribution in [0.15, 0.2) is 0 Å². The van der Waals surface area contributed by atoms with E-state index in [0.717, 1.165) is 0 Å². The third kappa shape index (κ3) is 17.9. The molecule has 0 fully saturated rings. The molecule has 0 aromatic heterocycles. The van der Waals surface area contributed by atoms with E-state index in [-0.39, 0.29) is 122 Å². The van der Waals surface area contributed by atoms with Gasteiger partial charge in [-0.25, -0.2) is 0 Å². The van der Waals surface area contributed by atoms with Crippen molar-refractivity contribution in [3.63, 3.8) is 0 Å². The summed E-state index contributed by atoms with van der Waals surface area (Å²) in [7, 11) is 0. The Hall–Kier alpha value is 4.09. The largest absolute Gasteiger partial charge is 4.00 e. The van der Waals surface area contributed by atoms with Crippen molar-refractivity contribution in [2.75, 3.05) is 0 Å². The summed E-state index contributed by atoms with van der Waals surface area (Å²) in [6.07, 6.45) is 0. The van der Waals surface area contributed by atoms with Crippen molar-refractivity contribution in [3.05, 3.63) is 0 Å². The minimum Gasteiger partial charge on any atom is -2.00 e. The molecular formula is CdSnTe3. The molecule has 0 nitrogen and oxygen atoms in total. The average Bonchev–Trinajstić information content (AvgIpc) is 0. The van der Waals surface area contributed by atoms with Gasteiger partial charge in [0.1, 0.15) is 0 Å². The standard InChI is InChI=1S/Cd.Sn.3Te/q+2;+4;3*-2. The van der Waals surface area contributed by atoms with Crippen LogP contribution >= 0.6 is 0 Å². The molecule has 0 radical (unpaired) electrons. The Morgan fingerprint density at radius 3 is 0.600 bits per heavy atom. The maximum Gasteiger partial charge on any atom is 4.00 e. The van der Waals surface area contributed by atoms with E-state index in [1.165, 1.54) is 0 Å². The normalized spacial score (nSPS) is 0. The summed E-state index contributed by atoms with van der Waals surface area (Å²) in [4.78, 5) is 0. The van der Waals surface area contributed by atoms with Gasteiger partial charge in [-0.3, -0.25) is 0 Å². The van der Waals surface area contributed by atoms with Gasteiger partial charge < -0.3 is 71.0 Å². The van der Waals surface area contributed by atoms with Crippen LogP contribution in [0.4, 0.5) is 0 Å². The number of hydrogen-bond donors (Lipinski definition) is 0. The van der Waals surface area contributed by atoms with Crippen molar-refractivity contribution in [2.24, 2.45) is 0 Å². The summed E-state index contributed by atoms with van der Waals surface area (Å²) in [5.41, 5.74) is 0. The SMILES string of the molecule is [Cd+2].[Sn+4].[Te-2].[Te-2].[Te-2]. The van der Waals surface area contributed by atoms with E-state index in [1.807, 2.05) is 0 Å². The van der Waals surface area contributed by atoms with E-state index in [9.17, 15) is 0 Å². The quantitative estimate of drug-likeness (QED) is 0.291. The summed E-state index contributed by atoms with van der Waals surface area (Å²) in [6.45, 7) is 0. The van der Waals surface area contributed by atoms with Gasteiger partial charge in [-0.2, -0.15) is 0 Å². The molecule has 0 aromatic carbocycles. The molecule has 0 saturated heterocycles. The molecule has 0 spiro atoms. The fraction of sp³-hybridized carbons (Fsp3) is 0. The van der Waals surface area contributed by atoms with E-state index in [1.54, 1.807) is 0 Å². The van der Waals surface area contributed by atoms with Crippen LogP contribution in [0.3, 0.4) is 0 Å². The Morgan fingerprint density at radius 1 is 0.600 bits per heavy atom. The van der Waals surface area contributed by atoms with Gasteiger partial charge in [-0.15, -0.1) is 0 Å². The number of rotatable bonds is 0. The molecule has 0 aromatic rings. The van der Waals surface area contributed by atoms with Gasteiger partial charge in [0.2, 0.25) is 0 Å². The fourth-order valence-electron chi connectivity index (χ4n) is 0. The van der Waals surface area contributed by atoms with E-state index in [0.29, 0.717) is 0 Å². The van der Waals surface area contributed by atoms with Crippen LogP contribution in [-0.4, -0.2) is 94.9 Å². The van der Waals surface area contributed by atoms with Crippen LogP contribution in [0.1, 0.15) is 0 Å². The van der Waals surface area contributed by atoms with Gasteiger partial charge in [0.25, 0.3) is 0 Å². The van der Waals surface area contributed by atoms with Crippen LogP contribution in [0.5, 0.6) is 0 Å². The predicted octanol–water partition coefficient (Wildman–Crippen LogP) is -1.53. The minimum absolute atomic E-state index is 0. The van der Waals surface area contributed by atoms with Crippen molar-refractivity contribution < 1.29 is 27.3 Å². The van der Waals surface area contributed by atoms with Crippen molar-refractivity contribution in [1.82, 2.24) is 0 Å². The molecule has 0 heterocycles. The van der Waals surface area contributed by atoms with Gasteiger partial charge in [0.05, 0.1) is 0 Å². The van der Waals surface area contributed by atoms with E-state index < -0.39 is 0 Å². The monoisotopic (exact) mass is 624 g/mol. The molecule has 5 heteroatoms. The molecule has 0 amide bonds. The maximum atomic E-state index is 0. The van der Waals surface area contributed by atoms with Crippen molar-refractivity contribution in [2.45, 2.75) is 0 Å². The predicted molar refractivity (Wildman–Crippen MR) is 23.0 cm³/mol. The second-order valence-corrected chi connectivity index (χ2v) is 0. The molecular weight excluding hydrogens is 614 g/mol. The zero-order valence-corrected chi connectivity index (χ0v) is 16.3. The first-order chi connectivity index (χ1) is 0. The van der Waals surface area contributed by atoms with Gasteiger partial charge >= 0.3 is 51.2 Å². The van der Waals surface area contributed by atoms with Crippen LogP contribution in [0, 0.1) is 0 Å². The molecule has 0 aliphatic heterocycles. The average molecular weight is 614 g/mol. The van der Waals surface area contributed by atoms with Gasteiger partial charge in [0.15, 0.2) is 0 Å². The van der Waals surface area contributed by atoms with Gasteiger partial charge in [-0.05, 0) is 0 Å². The molecule has 0 N–H and O–H groups in total. The Kier molecular flexibility index (Phi) is 173. The fourth-order valence-corrected chi connectivity index (χ4v) is 0. The third-order valence-electron chi connectivity index (χ3n) is 0. The molecule has 0 saturated carbocycles. The summed E-state index contributed by atoms with van der Waals surface area (Å²) in [5.74, 6) is 0. The summed E-state index contributed by atoms with van der Waals surface area (Å²) in [6, 6.07) is 0. The molecule has 0 aliphatic rings. The maximum absolute atomic E-state index is 0. The van der Waals surface area contributed by atoms with E-state index in [2.05, 4.69) is 0 Å². The topological polar surface area (TPSA) is 0 Å². The molecule has 0 atom stereocenters. The molecule has 5 heavy (non-hydrogen) atoms. The molecule has 0 unspecified atom stereocenters. The van der Waals surface area contributed by atoms with E-state index in [4.69, 9.17) is 0 Å². The Bertz CT molecular complexity index is 6.85. The minimum atomic E-state index is 0. The Labute approximate surface area is 119 Å². The third-order valence-corrected chi connectivity index (χ3v) is 0. The van der Waals surface area contributed by atoms with Gasteiger partial charge in [-0.1, -0.05) is 0 Å². The molecule has 0 bridgehead atoms.